The van der Waals surface area contributed by atoms with Crippen LogP contribution in [-0.4, -0.2) is 22.8 Å². The highest BCUT2D eigenvalue weighted by Crippen LogP contribution is 2.17. The first kappa shape index (κ1) is 14.5. The smallest absolute Gasteiger partial charge is 0.390 e. The Morgan fingerprint density at radius 3 is 3.10 bits per heavy atom. The van der Waals surface area contributed by atoms with Crippen molar-refractivity contribution in [2.24, 2.45) is 0 Å². The Kier molecular flexibility index (Phi) is 4.70. The largest absolute Gasteiger partial charge is 0.437 e. The fraction of sp³-hybridized carbons (Fsp3) is 0.417. The number of nitrogens with zero attached hydrogens (tertiary/aromatic N) is 2. The number of amides is 1. The fourth-order valence-electron chi connectivity index (χ4n) is 1.66. The van der Waals surface area contributed by atoms with Gasteiger partial charge in [-0.15, -0.1) is 16.4 Å². The molecule has 0 saturated carbocycles. The molecule has 0 saturated heterocycles. The Bertz CT molecular complexity index is 617. The van der Waals surface area contributed by atoms with Crippen LogP contribution in [0, 0.1) is 0 Å². The zero-order chi connectivity index (χ0) is 14.5. The minimum Gasteiger partial charge on any atom is -0.390 e. The van der Waals surface area contributed by atoms with Gasteiger partial charge < -0.3 is 14.5 Å². The maximum absolute atomic E-state index is 11.9. The second kappa shape index (κ2) is 6.49. The van der Waals surface area contributed by atoms with Crippen molar-refractivity contribution in [3.05, 3.63) is 38.8 Å². The first-order chi connectivity index (χ1) is 9.60. The Hall–Kier alpha value is -1.93. The second-order valence-electron chi connectivity index (χ2n) is 4.16. The molecule has 0 unspecified atom stereocenters. The molecule has 2 aromatic heterocycles. The van der Waals surface area contributed by atoms with E-state index in [4.69, 9.17) is 9.15 Å². The molecule has 1 atom stereocenters. The lowest BCUT2D eigenvalue weighted by Gasteiger charge is -2.11. The van der Waals surface area contributed by atoms with Crippen molar-refractivity contribution in [3.63, 3.8) is 0 Å². The zero-order valence-corrected chi connectivity index (χ0v) is 12.0. The van der Waals surface area contributed by atoms with Crippen LogP contribution in [0.5, 0.6) is 0 Å². The van der Waals surface area contributed by atoms with Crippen LogP contribution >= 0.6 is 11.3 Å². The number of methoxy groups -OCH3 is 1. The second-order valence-corrected chi connectivity index (χ2v) is 5.14. The predicted octanol–water partition coefficient (Wildman–Crippen LogP) is 0.922. The quantitative estimate of drug-likeness (QED) is 0.857. The minimum atomic E-state index is -0.670. The van der Waals surface area contributed by atoms with E-state index in [-0.39, 0.29) is 31.0 Å². The monoisotopic (exact) mass is 297 g/mol. The number of carbonyl (C=O) groups is 1. The highest BCUT2D eigenvalue weighted by molar-refractivity contribution is 7.10. The molecule has 7 nitrogen and oxygen atoms in total. The van der Waals surface area contributed by atoms with Crippen molar-refractivity contribution in [2.75, 3.05) is 7.11 Å². The van der Waals surface area contributed by atoms with Crippen LogP contribution in [0.1, 0.15) is 23.7 Å². The summed E-state index contributed by atoms with van der Waals surface area (Å²) in [5.41, 5.74) is 0. The summed E-state index contributed by atoms with van der Waals surface area (Å²) in [5, 5.41) is 8.60. The Labute approximate surface area is 119 Å². The minimum absolute atomic E-state index is 0.0927. The van der Waals surface area contributed by atoms with E-state index in [2.05, 4.69) is 10.4 Å². The van der Waals surface area contributed by atoms with Gasteiger partial charge in [0.05, 0.1) is 6.04 Å². The van der Waals surface area contributed by atoms with E-state index in [1.54, 1.807) is 11.3 Å². The maximum Gasteiger partial charge on any atom is 0.437 e. The van der Waals surface area contributed by atoms with Crippen molar-refractivity contribution in [1.29, 1.82) is 0 Å². The molecule has 2 rings (SSSR count). The average molecular weight is 297 g/mol. The van der Waals surface area contributed by atoms with Crippen molar-refractivity contribution in [1.82, 2.24) is 15.1 Å². The summed E-state index contributed by atoms with van der Waals surface area (Å²) in [7, 11) is 1.47. The van der Waals surface area contributed by atoms with Crippen LogP contribution in [0.15, 0.2) is 26.7 Å². The van der Waals surface area contributed by atoms with Crippen LogP contribution < -0.4 is 11.1 Å². The fourth-order valence-corrected chi connectivity index (χ4v) is 2.40. The third-order valence-electron chi connectivity index (χ3n) is 2.56. The molecule has 8 heteroatoms. The molecule has 0 aliphatic carbocycles. The van der Waals surface area contributed by atoms with Gasteiger partial charge in [0.2, 0.25) is 11.8 Å². The zero-order valence-electron chi connectivity index (χ0n) is 11.2. The lowest BCUT2D eigenvalue weighted by atomic mass is 10.3. The first-order valence-corrected chi connectivity index (χ1v) is 6.86. The van der Waals surface area contributed by atoms with Crippen molar-refractivity contribution in [3.8, 4) is 0 Å². The number of nitrogens with one attached hydrogen (secondary N) is 1. The number of thiophene rings is 1. The van der Waals surface area contributed by atoms with Crippen LogP contribution in [-0.2, 0) is 22.7 Å². The Morgan fingerprint density at radius 1 is 1.65 bits per heavy atom. The van der Waals surface area contributed by atoms with Gasteiger partial charge in [-0.05, 0) is 18.4 Å². The van der Waals surface area contributed by atoms with E-state index in [9.17, 15) is 9.59 Å². The molecule has 0 fully saturated rings. The molecular formula is C12H15N3O4S. The SMILES string of the molecule is COCc1nn(CC(=O)N[C@@H](C)c2cccs2)c(=O)o1. The summed E-state index contributed by atoms with van der Waals surface area (Å²) < 4.78 is 10.6. The summed E-state index contributed by atoms with van der Waals surface area (Å²) in [6, 6.07) is 3.75. The molecule has 2 heterocycles. The Balaban J connectivity index is 1.96. The van der Waals surface area contributed by atoms with Gasteiger partial charge >= 0.3 is 5.76 Å². The summed E-state index contributed by atoms with van der Waals surface area (Å²) >= 11 is 1.56. The van der Waals surface area contributed by atoms with E-state index < -0.39 is 5.76 Å². The number of carbonyl (C=O) groups excluding carboxylic acids is 1. The molecule has 2 aromatic rings. The topological polar surface area (TPSA) is 86.4 Å². The van der Waals surface area contributed by atoms with Crippen molar-refractivity contribution >= 4 is 17.2 Å². The molecule has 0 spiro atoms. The summed E-state index contributed by atoms with van der Waals surface area (Å²) in [6.45, 7) is 1.79. The van der Waals surface area contributed by atoms with Crippen molar-refractivity contribution < 1.29 is 13.9 Å². The van der Waals surface area contributed by atoms with Crippen LogP contribution in [0.2, 0.25) is 0 Å². The standard InChI is InChI=1S/C12H15N3O4S/c1-8(9-4-3-5-20-9)13-10(16)6-15-12(17)19-11(14-15)7-18-2/h3-5,8H,6-7H2,1-2H3,(H,13,16)/t8-/m0/s1. The van der Waals surface area contributed by atoms with Gasteiger partial charge in [0.1, 0.15) is 13.2 Å². The average Bonchev–Trinajstić information content (AvgIpc) is 3.01. The maximum atomic E-state index is 11.9. The molecule has 0 aliphatic heterocycles. The predicted molar refractivity (Wildman–Crippen MR) is 72.4 cm³/mol. The summed E-state index contributed by atoms with van der Waals surface area (Å²) in [6.07, 6.45) is 0. The van der Waals surface area contributed by atoms with Crippen LogP contribution in [0.4, 0.5) is 0 Å². The summed E-state index contributed by atoms with van der Waals surface area (Å²) in [5.74, 6) is -0.821. The Morgan fingerprint density at radius 2 is 2.45 bits per heavy atom. The van der Waals surface area contributed by atoms with Gasteiger partial charge in [0.25, 0.3) is 0 Å². The highest BCUT2D eigenvalue weighted by atomic mass is 32.1. The molecule has 0 radical (unpaired) electrons. The van der Waals surface area contributed by atoms with Gasteiger partial charge in [0.15, 0.2) is 0 Å². The van der Waals surface area contributed by atoms with E-state index in [1.165, 1.54) is 7.11 Å². The van der Waals surface area contributed by atoms with Gasteiger partial charge in [-0.1, -0.05) is 6.07 Å². The van der Waals surface area contributed by atoms with Crippen molar-refractivity contribution in [2.45, 2.75) is 26.1 Å². The molecule has 1 N–H and O–H groups in total. The van der Waals surface area contributed by atoms with Gasteiger partial charge in [0, 0.05) is 12.0 Å². The first-order valence-electron chi connectivity index (χ1n) is 5.98. The number of hydrogen-bond donors (Lipinski definition) is 1. The summed E-state index contributed by atoms with van der Waals surface area (Å²) in [4.78, 5) is 24.4. The van der Waals surface area contributed by atoms with Gasteiger partial charge in [-0.25, -0.2) is 4.79 Å². The molecule has 108 valence electrons. The molecule has 0 bridgehead atoms. The van der Waals surface area contributed by atoms with Gasteiger partial charge in [-0.3, -0.25) is 4.79 Å². The lowest BCUT2D eigenvalue weighted by Crippen LogP contribution is -2.32. The molecule has 0 aliphatic rings. The van der Waals surface area contributed by atoms with Crippen LogP contribution in [0.3, 0.4) is 0 Å². The van der Waals surface area contributed by atoms with E-state index in [0.29, 0.717) is 0 Å². The van der Waals surface area contributed by atoms with Crippen LogP contribution in [0.25, 0.3) is 0 Å². The number of rotatable bonds is 6. The lowest BCUT2D eigenvalue weighted by molar-refractivity contribution is -0.122. The third-order valence-corrected chi connectivity index (χ3v) is 3.61. The molecule has 20 heavy (non-hydrogen) atoms. The molecular weight excluding hydrogens is 282 g/mol. The molecule has 1 amide bonds. The van der Waals surface area contributed by atoms with E-state index in [0.717, 1.165) is 9.56 Å². The number of ether oxygens (including phenoxy) is 1. The van der Waals surface area contributed by atoms with Gasteiger partial charge in [-0.2, -0.15) is 4.68 Å². The van der Waals surface area contributed by atoms with E-state index >= 15 is 0 Å². The normalized spacial score (nSPS) is 12.3. The van der Waals surface area contributed by atoms with E-state index in [1.807, 2.05) is 24.4 Å². The highest BCUT2D eigenvalue weighted by Gasteiger charge is 2.14. The third kappa shape index (κ3) is 3.55. The number of aromatic nitrogens is 2. The number of hydrogen-bond acceptors (Lipinski definition) is 6. The molecule has 0 aromatic carbocycles.